The van der Waals surface area contributed by atoms with Gasteiger partial charge in [-0.2, -0.15) is 4.98 Å². The molecule has 7 nitrogen and oxygen atoms in total. The van der Waals surface area contributed by atoms with Gasteiger partial charge in [-0.05, 0) is 13.8 Å². The van der Waals surface area contributed by atoms with Crippen LogP contribution in [0.1, 0.15) is 25.6 Å². The Morgan fingerprint density at radius 2 is 2.15 bits per heavy atom. The number of hydrogen-bond acceptors (Lipinski definition) is 7. The number of methoxy groups -OCH3 is 2. The van der Waals surface area contributed by atoms with Crippen molar-refractivity contribution in [3.05, 3.63) is 11.7 Å². The molecule has 0 aliphatic carbocycles. The number of morpholine rings is 1. The molecule has 1 saturated heterocycles. The zero-order chi connectivity index (χ0) is 14.6. The molecule has 0 bridgehead atoms. The molecule has 2 rings (SSSR count). The van der Waals surface area contributed by atoms with Crippen LogP contribution >= 0.6 is 0 Å². The lowest BCUT2D eigenvalue weighted by Crippen LogP contribution is -2.53. The quantitative estimate of drug-likeness (QED) is 0.767. The Morgan fingerprint density at radius 3 is 2.85 bits per heavy atom. The van der Waals surface area contributed by atoms with E-state index >= 15 is 0 Å². The molecule has 2 heterocycles. The van der Waals surface area contributed by atoms with Gasteiger partial charge in [-0.25, -0.2) is 0 Å². The fourth-order valence-electron chi connectivity index (χ4n) is 2.54. The minimum atomic E-state index is -0.211. The summed E-state index contributed by atoms with van der Waals surface area (Å²) in [5.41, 5.74) is -0.211. The zero-order valence-electron chi connectivity index (χ0n) is 12.6. The van der Waals surface area contributed by atoms with Gasteiger partial charge in [0.1, 0.15) is 6.61 Å². The van der Waals surface area contributed by atoms with E-state index < -0.39 is 0 Å². The van der Waals surface area contributed by atoms with Crippen molar-refractivity contribution in [2.75, 3.05) is 33.9 Å². The second kappa shape index (κ2) is 6.62. The van der Waals surface area contributed by atoms with E-state index in [-0.39, 0.29) is 11.7 Å². The molecule has 114 valence electrons. The van der Waals surface area contributed by atoms with Gasteiger partial charge in [0.25, 0.3) is 0 Å². The van der Waals surface area contributed by atoms with Crippen LogP contribution in [0.3, 0.4) is 0 Å². The lowest BCUT2D eigenvalue weighted by atomic mass is 10.1. The normalized spacial score (nSPS) is 23.1. The van der Waals surface area contributed by atoms with Gasteiger partial charge in [-0.15, -0.1) is 0 Å². The zero-order valence-corrected chi connectivity index (χ0v) is 12.6. The summed E-state index contributed by atoms with van der Waals surface area (Å²) in [5.74, 6) is 1.18. The maximum absolute atomic E-state index is 5.97. The molecule has 7 heteroatoms. The van der Waals surface area contributed by atoms with Crippen LogP contribution in [0.4, 0.5) is 0 Å². The molecule has 0 spiro atoms. The summed E-state index contributed by atoms with van der Waals surface area (Å²) in [6.45, 7) is 7.32. The molecular formula is C13H23N3O4. The van der Waals surface area contributed by atoms with E-state index in [1.807, 2.05) is 0 Å². The number of nitrogens with zero attached hydrogens (tertiary/aromatic N) is 3. The lowest BCUT2D eigenvalue weighted by molar-refractivity contribution is -0.155. The van der Waals surface area contributed by atoms with Gasteiger partial charge in [-0.3, -0.25) is 4.90 Å². The summed E-state index contributed by atoms with van der Waals surface area (Å²) >= 11 is 0. The summed E-state index contributed by atoms with van der Waals surface area (Å²) in [5, 5.41) is 3.87. The highest BCUT2D eigenvalue weighted by molar-refractivity contribution is 4.89. The van der Waals surface area contributed by atoms with E-state index in [4.69, 9.17) is 18.7 Å². The van der Waals surface area contributed by atoms with Gasteiger partial charge in [0, 0.05) is 27.3 Å². The summed E-state index contributed by atoms with van der Waals surface area (Å²) in [4.78, 5) is 6.54. The van der Waals surface area contributed by atoms with Gasteiger partial charge < -0.3 is 18.7 Å². The van der Waals surface area contributed by atoms with Gasteiger partial charge in [0.15, 0.2) is 5.82 Å². The molecule has 1 aliphatic heterocycles. The van der Waals surface area contributed by atoms with Crippen LogP contribution in [0.5, 0.6) is 0 Å². The molecule has 20 heavy (non-hydrogen) atoms. The summed E-state index contributed by atoms with van der Waals surface area (Å²) in [6.07, 6.45) is 0.0603. The predicted molar refractivity (Wildman–Crippen MR) is 71.1 cm³/mol. The highest BCUT2D eigenvalue weighted by Gasteiger charge is 2.33. The molecule has 1 aromatic rings. The van der Waals surface area contributed by atoms with E-state index in [2.05, 4.69) is 28.9 Å². The van der Waals surface area contributed by atoms with Gasteiger partial charge in [0.05, 0.1) is 24.9 Å². The first-order valence-electron chi connectivity index (χ1n) is 6.72. The second-order valence-corrected chi connectivity index (χ2v) is 5.66. The van der Waals surface area contributed by atoms with Gasteiger partial charge in [-0.1, -0.05) is 5.16 Å². The first-order valence-corrected chi connectivity index (χ1v) is 6.72. The van der Waals surface area contributed by atoms with Crippen LogP contribution < -0.4 is 0 Å². The van der Waals surface area contributed by atoms with Crippen LogP contribution in [-0.4, -0.2) is 60.7 Å². The van der Waals surface area contributed by atoms with Crippen molar-refractivity contribution in [1.82, 2.24) is 15.0 Å². The van der Waals surface area contributed by atoms with Crippen LogP contribution in [0.2, 0.25) is 0 Å². The lowest BCUT2D eigenvalue weighted by Gasteiger charge is -2.42. The molecule has 0 saturated carbocycles. The molecule has 1 aromatic heterocycles. The van der Waals surface area contributed by atoms with Gasteiger partial charge >= 0.3 is 0 Å². The Hall–Kier alpha value is -1.02. The topological polar surface area (TPSA) is 69.9 Å². The highest BCUT2D eigenvalue weighted by atomic mass is 16.5. The van der Waals surface area contributed by atoms with Crippen molar-refractivity contribution in [1.29, 1.82) is 0 Å². The third-order valence-electron chi connectivity index (χ3n) is 3.05. The third kappa shape index (κ3) is 4.24. The fraction of sp³-hybridized carbons (Fsp3) is 0.846. The molecule has 1 aliphatic rings. The van der Waals surface area contributed by atoms with Crippen molar-refractivity contribution in [3.63, 3.8) is 0 Å². The van der Waals surface area contributed by atoms with Gasteiger partial charge in [0.2, 0.25) is 5.89 Å². The maximum Gasteiger partial charge on any atom is 0.240 e. The Balaban J connectivity index is 1.96. The van der Waals surface area contributed by atoms with Crippen LogP contribution in [0.15, 0.2) is 4.52 Å². The fourth-order valence-corrected chi connectivity index (χ4v) is 2.54. The van der Waals surface area contributed by atoms with Crippen molar-refractivity contribution in [2.45, 2.75) is 38.7 Å². The minimum Gasteiger partial charge on any atom is -0.382 e. The number of rotatable bonds is 6. The highest BCUT2D eigenvalue weighted by Crippen LogP contribution is 2.22. The molecular weight excluding hydrogens is 262 g/mol. The van der Waals surface area contributed by atoms with Crippen LogP contribution in [0.25, 0.3) is 0 Å². The van der Waals surface area contributed by atoms with E-state index in [9.17, 15) is 0 Å². The number of aromatic nitrogens is 2. The maximum atomic E-state index is 5.97. The predicted octanol–water partition coefficient (Wildman–Crippen LogP) is 0.842. The summed E-state index contributed by atoms with van der Waals surface area (Å²) < 4.78 is 21.4. The molecule has 1 atom stereocenters. The third-order valence-corrected chi connectivity index (χ3v) is 3.05. The van der Waals surface area contributed by atoms with Crippen molar-refractivity contribution < 1.29 is 18.7 Å². The van der Waals surface area contributed by atoms with Crippen molar-refractivity contribution >= 4 is 0 Å². The molecule has 0 amide bonds. The summed E-state index contributed by atoms with van der Waals surface area (Å²) in [7, 11) is 3.29. The molecule has 0 radical (unpaired) electrons. The first-order chi connectivity index (χ1) is 9.52. The van der Waals surface area contributed by atoms with E-state index in [0.29, 0.717) is 31.5 Å². The van der Waals surface area contributed by atoms with Crippen molar-refractivity contribution in [3.8, 4) is 0 Å². The Morgan fingerprint density at radius 1 is 1.35 bits per heavy atom. The average molecular weight is 285 g/mol. The molecule has 1 fully saturated rings. The first kappa shape index (κ1) is 15.4. The largest absolute Gasteiger partial charge is 0.382 e. The minimum absolute atomic E-state index is 0.0603. The smallest absolute Gasteiger partial charge is 0.240 e. The Bertz CT molecular complexity index is 422. The molecule has 0 aromatic carbocycles. The Labute approximate surface area is 119 Å². The van der Waals surface area contributed by atoms with E-state index in [1.165, 1.54) is 0 Å². The number of ether oxygens (including phenoxy) is 3. The van der Waals surface area contributed by atoms with Crippen molar-refractivity contribution in [2.24, 2.45) is 0 Å². The molecule has 0 N–H and O–H groups in total. The second-order valence-electron chi connectivity index (χ2n) is 5.66. The summed E-state index contributed by atoms with van der Waals surface area (Å²) in [6, 6.07) is 0. The average Bonchev–Trinajstić information content (AvgIpc) is 2.75. The van der Waals surface area contributed by atoms with E-state index in [0.717, 1.165) is 13.1 Å². The number of hydrogen-bond donors (Lipinski definition) is 0. The standard InChI is InChI=1S/C13H23N3O4/c1-13(2)9-16(5-10(19-13)7-17-3)6-12-14-11(8-18-4)15-20-12/h10H,5-9H2,1-4H3. The van der Waals surface area contributed by atoms with Crippen LogP contribution in [-0.2, 0) is 27.4 Å². The molecule has 1 unspecified atom stereocenters. The SMILES string of the molecule is COCc1noc(CN2CC(COC)OC(C)(C)C2)n1. The van der Waals surface area contributed by atoms with Crippen LogP contribution in [0, 0.1) is 0 Å². The Kier molecular flexibility index (Phi) is 5.09. The van der Waals surface area contributed by atoms with E-state index in [1.54, 1.807) is 14.2 Å². The monoisotopic (exact) mass is 285 g/mol.